The van der Waals surface area contributed by atoms with Gasteiger partial charge in [-0.1, -0.05) is 46.9 Å². The number of thioether (sulfide) groups is 1. The minimum atomic E-state index is -0.389. The summed E-state index contributed by atoms with van der Waals surface area (Å²) in [6, 6.07) is 13.6. The maximum Gasteiger partial charge on any atom is 0.286 e. The highest BCUT2D eigenvalue weighted by molar-refractivity contribution is 7.98. The van der Waals surface area contributed by atoms with E-state index in [-0.39, 0.29) is 16.7 Å². The van der Waals surface area contributed by atoms with Gasteiger partial charge in [-0.3, -0.25) is 9.36 Å². The molecule has 4 aromatic rings. The molecule has 4 rings (SSSR count). The van der Waals surface area contributed by atoms with Gasteiger partial charge in [-0.25, -0.2) is 4.39 Å². The zero-order valence-electron chi connectivity index (χ0n) is 18.0. The van der Waals surface area contributed by atoms with E-state index in [1.54, 1.807) is 7.11 Å². The van der Waals surface area contributed by atoms with Crippen LogP contribution >= 0.6 is 23.1 Å². The van der Waals surface area contributed by atoms with Crippen LogP contribution in [0.15, 0.2) is 53.7 Å². The highest BCUT2D eigenvalue weighted by atomic mass is 32.2. The molecule has 2 aromatic heterocycles. The largest absolute Gasteiger partial charge is 0.383 e. The molecule has 0 unspecified atom stereocenters. The first-order valence-electron chi connectivity index (χ1n) is 10.0. The Bertz CT molecular complexity index is 1240. The second-order valence-corrected chi connectivity index (χ2v) is 9.08. The molecule has 0 radical (unpaired) electrons. The van der Waals surface area contributed by atoms with Crippen LogP contribution in [0.25, 0.3) is 11.4 Å². The molecule has 1 amide bonds. The topological polar surface area (TPSA) is 94.8 Å². The van der Waals surface area contributed by atoms with Gasteiger partial charge in [-0.05, 0) is 37.3 Å². The van der Waals surface area contributed by atoms with Gasteiger partial charge in [-0.15, -0.1) is 20.4 Å². The lowest BCUT2D eigenvalue weighted by molar-refractivity contribution is 0.102. The maximum absolute atomic E-state index is 13.0. The number of nitrogens with one attached hydrogen (secondary N) is 1. The van der Waals surface area contributed by atoms with Crippen LogP contribution in [0.5, 0.6) is 0 Å². The molecule has 33 heavy (non-hydrogen) atoms. The van der Waals surface area contributed by atoms with E-state index < -0.39 is 0 Å². The van der Waals surface area contributed by atoms with Crippen molar-refractivity contribution >= 4 is 34.7 Å². The van der Waals surface area contributed by atoms with Gasteiger partial charge in [0.1, 0.15) is 10.8 Å². The number of aryl methyl sites for hydroxylation is 1. The molecule has 2 aromatic carbocycles. The predicted octanol–water partition coefficient (Wildman–Crippen LogP) is 4.44. The first-order valence-corrected chi connectivity index (χ1v) is 11.8. The molecule has 0 bridgehead atoms. The summed E-state index contributed by atoms with van der Waals surface area (Å²) < 4.78 is 20.3. The number of aromatic nitrogens is 5. The lowest BCUT2D eigenvalue weighted by Crippen LogP contribution is -2.11. The first-order chi connectivity index (χ1) is 16.0. The van der Waals surface area contributed by atoms with Gasteiger partial charge in [0, 0.05) is 18.4 Å². The molecule has 2 heterocycles. The quantitative estimate of drug-likeness (QED) is 0.351. The Morgan fingerprint density at radius 1 is 1.15 bits per heavy atom. The molecule has 0 fully saturated rings. The van der Waals surface area contributed by atoms with Crippen molar-refractivity contribution in [1.29, 1.82) is 0 Å². The Balaban J connectivity index is 1.45. The lowest BCUT2D eigenvalue weighted by atomic mass is 10.1. The van der Waals surface area contributed by atoms with Crippen molar-refractivity contribution in [2.24, 2.45) is 0 Å². The number of hydrogen-bond acceptors (Lipinski definition) is 8. The molecular weight excluding hydrogens is 463 g/mol. The molecule has 170 valence electrons. The summed E-state index contributed by atoms with van der Waals surface area (Å²) in [5, 5.41) is 21.2. The van der Waals surface area contributed by atoms with Crippen LogP contribution in [0.2, 0.25) is 0 Å². The SMILES string of the molecule is COCCn1c(SCc2nnc(C(=O)Nc3ccc(F)cc3)s2)nnc1-c1cccc(C)c1. The number of methoxy groups -OCH3 is 1. The van der Waals surface area contributed by atoms with Crippen LogP contribution in [-0.4, -0.2) is 44.6 Å². The maximum atomic E-state index is 13.0. The van der Waals surface area contributed by atoms with Crippen LogP contribution in [0.3, 0.4) is 0 Å². The van der Waals surface area contributed by atoms with Crippen LogP contribution in [-0.2, 0) is 17.0 Å². The molecule has 11 heteroatoms. The Hall–Kier alpha value is -3.15. The molecular formula is C22H21FN6O2S2. The van der Waals surface area contributed by atoms with Crippen molar-refractivity contribution in [3.05, 3.63) is 69.9 Å². The van der Waals surface area contributed by atoms with E-state index in [1.807, 2.05) is 29.7 Å². The number of hydrogen-bond donors (Lipinski definition) is 1. The molecule has 0 aliphatic heterocycles. The Labute approximate surface area is 198 Å². The fraction of sp³-hybridized carbons (Fsp3) is 0.227. The van der Waals surface area contributed by atoms with Gasteiger partial charge in [0.2, 0.25) is 5.01 Å². The van der Waals surface area contributed by atoms with E-state index in [2.05, 4.69) is 31.8 Å². The van der Waals surface area contributed by atoms with E-state index in [9.17, 15) is 9.18 Å². The molecule has 0 saturated heterocycles. The predicted molar refractivity (Wildman–Crippen MR) is 126 cm³/mol. The van der Waals surface area contributed by atoms with E-state index in [0.29, 0.717) is 29.6 Å². The second kappa shape index (κ2) is 10.6. The van der Waals surface area contributed by atoms with Crippen molar-refractivity contribution in [3.63, 3.8) is 0 Å². The van der Waals surface area contributed by atoms with Gasteiger partial charge in [-0.2, -0.15) is 0 Å². The smallest absolute Gasteiger partial charge is 0.286 e. The summed E-state index contributed by atoms with van der Waals surface area (Å²) in [6.07, 6.45) is 0. The first kappa shape index (κ1) is 23.0. The van der Waals surface area contributed by atoms with Crippen molar-refractivity contribution in [1.82, 2.24) is 25.0 Å². The number of carbonyl (C=O) groups is 1. The number of halogens is 1. The zero-order valence-corrected chi connectivity index (χ0v) is 19.6. The van der Waals surface area contributed by atoms with Gasteiger partial charge in [0.05, 0.1) is 18.9 Å². The Kier molecular flexibility index (Phi) is 7.43. The summed E-state index contributed by atoms with van der Waals surface area (Å²) in [4.78, 5) is 12.4. The van der Waals surface area contributed by atoms with Crippen LogP contribution in [0.4, 0.5) is 10.1 Å². The highest BCUT2D eigenvalue weighted by Gasteiger charge is 2.17. The molecule has 1 N–H and O–H groups in total. The minimum Gasteiger partial charge on any atom is -0.383 e. The van der Waals surface area contributed by atoms with Crippen molar-refractivity contribution in [2.75, 3.05) is 19.0 Å². The second-order valence-electron chi connectivity index (χ2n) is 7.07. The number of ether oxygens (including phenoxy) is 1. The van der Waals surface area contributed by atoms with Crippen LogP contribution < -0.4 is 5.32 Å². The number of carbonyl (C=O) groups excluding carboxylic acids is 1. The van der Waals surface area contributed by atoms with Gasteiger partial charge in [0.25, 0.3) is 5.91 Å². The number of nitrogens with zero attached hydrogens (tertiary/aromatic N) is 5. The van der Waals surface area contributed by atoms with E-state index in [4.69, 9.17) is 4.74 Å². The molecule has 0 aliphatic carbocycles. The molecule has 0 aliphatic rings. The van der Waals surface area contributed by atoms with Crippen LogP contribution in [0, 0.1) is 12.7 Å². The standard InChI is InChI=1S/C22H21FN6O2S2/c1-14-4-3-5-15(12-14)19-26-28-22(29(19)10-11-31-2)32-13-18-25-27-21(33-18)20(30)24-17-8-6-16(23)7-9-17/h3-9,12H,10-11,13H2,1-2H3,(H,24,30). The van der Waals surface area contributed by atoms with Crippen molar-refractivity contribution in [2.45, 2.75) is 24.4 Å². The van der Waals surface area contributed by atoms with Gasteiger partial charge >= 0.3 is 0 Å². The average Bonchev–Trinajstić information content (AvgIpc) is 3.45. The summed E-state index contributed by atoms with van der Waals surface area (Å²) in [7, 11) is 1.66. The fourth-order valence-corrected chi connectivity index (χ4v) is 4.71. The van der Waals surface area contributed by atoms with Crippen LogP contribution in [0.1, 0.15) is 20.4 Å². The van der Waals surface area contributed by atoms with E-state index >= 15 is 0 Å². The van der Waals surface area contributed by atoms with E-state index in [0.717, 1.165) is 22.1 Å². The molecule has 0 spiro atoms. The third kappa shape index (κ3) is 5.81. The average molecular weight is 485 g/mol. The Morgan fingerprint density at radius 3 is 2.73 bits per heavy atom. The van der Waals surface area contributed by atoms with Crippen molar-refractivity contribution in [3.8, 4) is 11.4 Å². The third-order valence-electron chi connectivity index (χ3n) is 4.60. The number of amides is 1. The molecule has 0 saturated carbocycles. The summed E-state index contributed by atoms with van der Waals surface area (Å²) in [5.41, 5.74) is 2.62. The Morgan fingerprint density at radius 2 is 1.97 bits per heavy atom. The number of rotatable bonds is 9. The number of anilines is 1. The minimum absolute atomic E-state index is 0.233. The van der Waals surface area contributed by atoms with E-state index in [1.165, 1.54) is 47.4 Å². The zero-order chi connectivity index (χ0) is 23.2. The summed E-state index contributed by atoms with van der Waals surface area (Å²) in [6.45, 7) is 3.17. The van der Waals surface area contributed by atoms with Gasteiger partial charge < -0.3 is 10.1 Å². The monoisotopic (exact) mass is 484 g/mol. The lowest BCUT2D eigenvalue weighted by Gasteiger charge is -2.09. The number of benzene rings is 2. The summed E-state index contributed by atoms with van der Waals surface area (Å²) >= 11 is 2.67. The summed E-state index contributed by atoms with van der Waals surface area (Å²) in [5.74, 6) is 0.503. The highest BCUT2D eigenvalue weighted by Crippen LogP contribution is 2.28. The van der Waals surface area contributed by atoms with Crippen molar-refractivity contribution < 1.29 is 13.9 Å². The normalized spacial score (nSPS) is 11.0. The molecule has 8 nitrogen and oxygen atoms in total. The van der Waals surface area contributed by atoms with Gasteiger partial charge in [0.15, 0.2) is 11.0 Å². The molecule has 0 atom stereocenters. The fourth-order valence-electron chi connectivity index (χ4n) is 3.03. The third-order valence-corrected chi connectivity index (χ3v) is 6.68.